The highest BCUT2D eigenvalue weighted by atomic mass is 19.4. The number of pyridine rings is 1. The molecule has 1 aliphatic rings. The van der Waals surface area contributed by atoms with Crippen LogP contribution in [0, 0.1) is 11.3 Å². The van der Waals surface area contributed by atoms with E-state index in [0.717, 1.165) is 10.6 Å². The molecule has 3 aromatic rings. The molecule has 0 spiro atoms. The molecule has 10 heteroatoms. The average molecular weight is 387 g/mol. The van der Waals surface area contributed by atoms with Crippen LogP contribution in [-0.4, -0.2) is 38.8 Å². The summed E-state index contributed by atoms with van der Waals surface area (Å²) in [4.78, 5) is 22.0. The third-order valence-electron chi connectivity index (χ3n) is 4.41. The molecular formula is C18H12F3N5O2. The highest BCUT2D eigenvalue weighted by Gasteiger charge is 2.34. The Kier molecular flexibility index (Phi) is 4.05. The maximum Gasteiger partial charge on any atom is 0.433 e. The molecule has 0 bridgehead atoms. The standard InChI is InChI=1S/C18H12F3N5O2/c19-18(20,21)14-5-4-13-15(25-8-12(27)9-25)24-17(28)26(16(13)23-14)11-3-1-2-10(6-11)7-22/h1-6,12,27H,8-9H2. The van der Waals surface area contributed by atoms with E-state index >= 15 is 0 Å². The molecule has 1 saturated heterocycles. The minimum atomic E-state index is -4.69. The lowest BCUT2D eigenvalue weighted by molar-refractivity contribution is -0.141. The first-order chi connectivity index (χ1) is 13.3. The Morgan fingerprint density at radius 2 is 1.93 bits per heavy atom. The van der Waals surface area contributed by atoms with Gasteiger partial charge in [0.15, 0.2) is 5.65 Å². The fourth-order valence-electron chi connectivity index (χ4n) is 3.06. The Bertz CT molecular complexity index is 1180. The van der Waals surface area contributed by atoms with Gasteiger partial charge in [-0.1, -0.05) is 6.07 Å². The number of anilines is 1. The number of aliphatic hydroxyl groups excluding tert-OH is 1. The summed E-state index contributed by atoms with van der Waals surface area (Å²) in [6, 6.07) is 9.83. The van der Waals surface area contributed by atoms with Crippen molar-refractivity contribution in [3.05, 3.63) is 58.1 Å². The minimum Gasteiger partial charge on any atom is -0.389 e. The zero-order valence-corrected chi connectivity index (χ0v) is 14.2. The van der Waals surface area contributed by atoms with E-state index < -0.39 is 23.7 Å². The number of hydrogen-bond donors (Lipinski definition) is 1. The molecule has 1 fully saturated rings. The molecule has 28 heavy (non-hydrogen) atoms. The zero-order valence-electron chi connectivity index (χ0n) is 14.2. The minimum absolute atomic E-state index is 0.166. The lowest BCUT2D eigenvalue weighted by Crippen LogP contribution is -2.51. The molecule has 4 rings (SSSR count). The summed E-state index contributed by atoms with van der Waals surface area (Å²) >= 11 is 0. The molecule has 0 amide bonds. The SMILES string of the molecule is N#Cc1cccc(-n2c(=O)nc(N3CC(O)C3)c3ccc(C(F)(F)F)nc32)c1. The molecular weight excluding hydrogens is 375 g/mol. The zero-order chi connectivity index (χ0) is 20.1. The summed E-state index contributed by atoms with van der Waals surface area (Å²) < 4.78 is 40.6. The number of rotatable bonds is 2. The highest BCUT2D eigenvalue weighted by Crippen LogP contribution is 2.32. The van der Waals surface area contributed by atoms with Crippen molar-refractivity contribution in [2.45, 2.75) is 12.3 Å². The number of hydrogen-bond acceptors (Lipinski definition) is 6. The molecule has 1 aliphatic heterocycles. The molecule has 3 heterocycles. The fraction of sp³-hybridized carbons (Fsp3) is 0.222. The second-order valence-corrected chi connectivity index (χ2v) is 6.34. The number of aromatic nitrogens is 3. The largest absolute Gasteiger partial charge is 0.433 e. The third kappa shape index (κ3) is 2.95. The number of alkyl halides is 3. The van der Waals surface area contributed by atoms with Crippen LogP contribution >= 0.6 is 0 Å². The summed E-state index contributed by atoms with van der Waals surface area (Å²) in [7, 11) is 0. The van der Waals surface area contributed by atoms with Crippen molar-refractivity contribution in [3.8, 4) is 11.8 Å². The van der Waals surface area contributed by atoms with Gasteiger partial charge in [-0.3, -0.25) is 0 Å². The van der Waals surface area contributed by atoms with Crippen LogP contribution < -0.4 is 10.6 Å². The van der Waals surface area contributed by atoms with E-state index in [1.807, 2.05) is 6.07 Å². The van der Waals surface area contributed by atoms with Gasteiger partial charge in [0.25, 0.3) is 0 Å². The van der Waals surface area contributed by atoms with Gasteiger partial charge in [-0.05, 0) is 30.3 Å². The molecule has 2 aromatic heterocycles. The summed E-state index contributed by atoms with van der Waals surface area (Å²) in [6.07, 6.45) is -5.28. The van der Waals surface area contributed by atoms with Crippen LogP contribution in [0.1, 0.15) is 11.3 Å². The summed E-state index contributed by atoms with van der Waals surface area (Å²) in [5.41, 5.74) is -1.78. The van der Waals surface area contributed by atoms with Gasteiger partial charge in [-0.2, -0.15) is 23.4 Å². The first kappa shape index (κ1) is 17.9. The van der Waals surface area contributed by atoms with E-state index in [0.29, 0.717) is 0 Å². The second kappa shape index (κ2) is 6.31. The van der Waals surface area contributed by atoms with Crippen LogP contribution in [0.4, 0.5) is 19.0 Å². The van der Waals surface area contributed by atoms with Gasteiger partial charge in [0.2, 0.25) is 0 Å². The topological polar surface area (TPSA) is 95.0 Å². The van der Waals surface area contributed by atoms with E-state index in [1.54, 1.807) is 4.90 Å². The van der Waals surface area contributed by atoms with Crippen LogP contribution in [0.3, 0.4) is 0 Å². The molecule has 0 saturated carbocycles. The van der Waals surface area contributed by atoms with Crippen LogP contribution in [0.5, 0.6) is 0 Å². The van der Waals surface area contributed by atoms with Crippen LogP contribution in [-0.2, 0) is 6.18 Å². The van der Waals surface area contributed by atoms with Crippen LogP contribution in [0.2, 0.25) is 0 Å². The van der Waals surface area contributed by atoms with E-state index in [2.05, 4.69) is 9.97 Å². The van der Waals surface area contributed by atoms with Gasteiger partial charge in [-0.15, -0.1) is 0 Å². The maximum atomic E-state index is 13.2. The fourth-order valence-corrected chi connectivity index (χ4v) is 3.06. The Morgan fingerprint density at radius 3 is 2.57 bits per heavy atom. The molecule has 0 unspecified atom stereocenters. The molecule has 0 atom stereocenters. The molecule has 1 aromatic carbocycles. The van der Waals surface area contributed by atoms with Gasteiger partial charge in [0.05, 0.1) is 28.8 Å². The van der Waals surface area contributed by atoms with Gasteiger partial charge in [0, 0.05) is 13.1 Å². The summed E-state index contributed by atoms with van der Waals surface area (Å²) in [5.74, 6) is 0.166. The second-order valence-electron chi connectivity index (χ2n) is 6.34. The molecule has 0 radical (unpaired) electrons. The predicted octanol–water partition coefficient (Wildman–Crippen LogP) is 1.85. The molecule has 0 aliphatic carbocycles. The third-order valence-corrected chi connectivity index (χ3v) is 4.41. The highest BCUT2D eigenvalue weighted by molar-refractivity contribution is 5.88. The van der Waals surface area contributed by atoms with E-state index in [9.17, 15) is 23.1 Å². The van der Waals surface area contributed by atoms with Crippen LogP contribution in [0.25, 0.3) is 16.7 Å². The monoisotopic (exact) mass is 387 g/mol. The first-order valence-electron chi connectivity index (χ1n) is 8.22. The quantitative estimate of drug-likeness (QED) is 0.721. The first-order valence-corrected chi connectivity index (χ1v) is 8.22. The van der Waals surface area contributed by atoms with Crippen molar-refractivity contribution >= 4 is 16.9 Å². The van der Waals surface area contributed by atoms with Crippen molar-refractivity contribution in [3.63, 3.8) is 0 Å². The number of benzene rings is 1. The van der Waals surface area contributed by atoms with E-state index in [4.69, 9.17) is 5.26 Å². The lowest BCUT2D eigenvalue weighted by Gasteiger charge is -2.37. The lowest BCUT2D eigenvalue weighted by atomic mass is 10.1. The van der Waals surface area contributed by atoms with Crippen molar-refractivity contribution in [1.29, 1.82) is 5.26 Å². The van der Waals surface area contributed by atoms with Crippen LogP contribution in [0.15, 0.2) is 41.2 Å². The smallest absolute Gasteiger partial charge is 0.389 e. The predicted molar refractivity (Wildman–Crippen MR) is 93.1 cm³/mol. The average Bonchev–Trinajstić information content (AvgIpc) is 2.63. The number of β-amino-alcohol motifs (C(OH)–C–C–N with tert-alkyl or cyclic N) is 1. The van der Waals surface area contributed by atoms with E-state index in [-0.39, 0.29) is 41.2 Å². The van der Waals surface area contributed by atoms with E-state index in [1.165, 1.54) is 30.3 Å². The number of fused-ring (bicyclic) bond motifs is 1. The number of nitriles is 1. The van der Waals surface area contributed by atoms with Gasteiger partial charge in [0.1, 0.15) is 11.5 Å². The summed E-state index contributed by atoms with van der Waals surface area (Å²) in [5, 5.41) is 18.8. The number of aliphatic hydroxyl groups is 1. The molecule has 7 nitrogen and oxygen atoms in total. The maximum absolute atomic E-state index is 13.2. The van der Waals surface area contributed by atoms with Gasteiger partial charge >= 0.3 is 11.9 Å². The Morgan fingerprint density at radius 1 is 1.18 bits per heavy atom. The normalized spacial score (nSPS) is 14.8. The Balaban J connectivity index is 2.03. The molecule has 142 valence electrons. The van der Waals surface area contributed by atoms with Crippen molar-refractivity contribution in [2.75, 3.05) is 18.0 Å². The Labute approximate surface area is 155 Å². The van der Waals surface area contributed by atoms with Gasteiger partial charge in [-0.25, -0.2) is 14.3 Å². The molecule has 1 N–H and O–H groups in total. The van der Waals surface area contributed by atoms with Crippen molar-refractivity contribution in [2.24, 2.45) is 0 Å². The van der Waals surface area contributed by atoms with Crippen molar-refractivity contribution in [1.82, 2.24) is 14.5 Å². The van der Waals surface area contributed by atoms with Crippen molar-refractivity contribution < 1.29 is 18.3 Å². The van der Waals surface area contributed by atoms with Gasteiger partial charge < -0.3 is 10.0 Å². The number of nitrogens with zero attached hydrogens (tertiary/aromatic N) is 5. The summed E-state index contributed by atoms with van der Waals surface area (Å²) in [6.45, 7) is 0.437. The Hall–Kier alpha value is -3.45. The number of halogens is 3.